The molecule has 1 fully saturated rings. The molecule has 21 heavy (non-hydrogen) atoms. The van der Waals surface area contributed by atoms with E-state index in [4.69, 9.17) is 0 Å². The first-order valence-electron chi connectivity index (χ1n) is 8.24. The van der Waals surface area contributed by atoms with Crippen LogP contribution in [0.4, 0.5) is 0 Å². The molecule has 2 aliphatic rings. The van der Waals surface area contributed by atoms with E-state index >= 15 is 0 Å². The Morgan fingerprint density at radius 3 is 2.76 bits per heavy atom. The fourth-order valence-corrected chi connectivity index (χ4v) is 4.09. The lowest BCUT2D eigenvalue weighted by Crippen LogP contribution is -2.51. The maximum atomic E-state index is 11.7. The summed E-state index contributed by atoms with van der Waals surface area (Å²) in [4.78, 5) is 14.0. The van der Waals surface area contributed by atoms with Gasteiger partial charge in [-0.1, -0.05) is 50.5 Å². The summed E-state index contributed by atoms with van der Waals surface area (Å²) in [5.74, 6) is 0.110. The van der Waals surface area contributed by atoms with E-state index in [0.29, 0.717) is 12.5 Å². The van der Waals surface area contributed by atoms with Gasteiger partial charge in [0.2, 0.25) is 0 Å². The highest BCUT2D eigenvalue weighted by Gasteiger charge is 2.37. The first kappa shape index (κ1) is 14.6. The average Bonchev–Trinajstić information content (AvgIpc) is 2.53. The van der Waals surface area contributed by atoms with Crippen molar-refractivity contribution in [2.45, 2.75) is 64.1 Å². The summed E-state index contributed by atoms with van der Waals surface area (Å²) in [6, 6.07) is 8.41. The van der Waals surface area contributed by atoms with Crippen LogP contribution in [0.3, 0.4) is 0 Å². The van der Waals surface area contributed by atoms with Crippen molar-refractivity contribution in [3.63, 3.8) is 0 Å². The van der Waals surface area contributed by atoms with Crippen LogP contribution in [0, 0.1) is 5.92 Å². The molecule has 0 saturated heterocycles. The molecule has 114 valence electrons. The molecule has 0 aromatic heterocycles. The van der Waals surface area contributed by atoms with E-state index < -0.39 is 5.97 Å². The topological polar surface area (TPSA) is 40.5 Å². The summed E-state index contributed by atoms with van der Waals surface area (Å²) in [6.07, 6.45) is 6.76. The zero-order valence-electron chi connectivity index (χ0n) is 12.8. The van der Waals surface area contributed by atoms with Gasteiger partial charge in [-0.05, 0) is 36.3 Å². The van der Waals surface area contributed by atoms with Crippen molar-refractivity contribution in [1.29, 1.82) is 0 Å². The zero-order chi connectivity index (χ0) is 14.8. The molecule has 3 nitrogen and oxygen atoms in total. The number of hydrogen-bond acceptors (Lipinski definition) is 2. The SMILES string of the molecule is CCC1CCCC(N2Cc3ccccc3CC2C(=O)O)C1. The molecule has 3 rings (SSSR count). The molecule has 1 aromatic rings. The monoisotopic (exact) mass is 287 g/mol. The summed E-state index contributed by atoms with van der Waals surface area (Å²) < 4.78 is 0. The third-order valence-corrected chi connectivity index (χ3v) is 5.37. The summed E-state index contributed by atoms with van der Waals surface area (Å²) in [7, 11) is 0. The second-order valence-electron chi connectivity index (χ2n) is 6.59. The number of rotatable bonds is 3. The summed E-state index contributed by atoms with van der Waals surface area (Å²) in [5, 5.41) is 9.65. The number of aliphatic carboxylic acids is 1. The Kier molecular flexibility index (Phi) is 4.29. The summed E-state index contributed by atoms with van der Waals surface area (Å²) in [6.45, 7) is 3.06. The van der Waals surface area contributed by atoms with Crippen molar-refractivity contribution in [3.05, 3.63) is 35.4 Å². The number of carboxylic acids is 1. The number of nitrogens with zero attached hydrogens (tertiary/aromatic N) is 1. The fraction of sp³-hybridized carbons (Fsp3) is 0.611. The Morgan fingerprint density at radius 1 is 1.29 bits per heavy atom. The maximum absolute atomic E-state index is 11.7. The van der Waals surface area contributed by atoms with Gasteiger partial charge in [0.25, 0.3) is 0 Å². The normalized spacial score (nSPS) is 29.9. The number of carboxylic acid groups (broad SMARTS) is 1. The van der Waals surface area contributed by atoms with Crippen LogP contribution >= 0.6 is 0 Å². The predicted octanol–water partition coefficient (Wildman–Crippen LogP) is 3.47. The van der Waals surface area contributed by atoms with Crippen molar-refractivity contribution in [1.82, 2.24) is 4.90 Å². The molecule has 1 aliphatic heterocycles. The molecule has 0 spiro atoms. The minimum absolute atomic E-state index is 0.347. The molecule has 1 aromatic carbocycles. The van der Waals surface area contributed by atoms with Crippen molar-refractivity contribution in [2.75, 3.05) is 0 Å². The molecule has 3 atom stereocenters. The van der Waals surface area contributed by atoms with Crippen molar-refractivity contribution in [2.24, 2.45) is 5.92 Å². The highest BCUT2D eigenvalue weighted by Crippen LogP contribution is 2.34. The Bertz CT molecular complexity index is 514. The van der Waals surface area contributed by atoms with E-state index in [1.807, 2.05) is 6.07 Å². The van der Waals surface area contributed by atoms with Crippen molar-refractivity contribution < 1.29 is 9.90 Å². The second kappa shape index (κ2) is 6.18. The molecule has 1 aliphatic carbocycles. The number of fused-ring (bicyclic) bond motifs is 1. The minimum atomic E-state index is -0.664. The first-order chi connectivity index (χ1) is 10.2. The van der Waals surface area contributed by atoms with E-state index in [0.717, 1.165) is 18.9 Å². The Morgan fingerprint density at radius 2 is 2.05 bits per heavy atom. The lowest BCUT2D eigenvalue weighted by atomic mass is 9.81. The van der Waals surface area contributed by atoms with E-state index in [-0.39, 0.29) is 6.04 Å². The lowest BCUT2D eigenvalue weighted by molar-refractivity contribution is -0.145. The predicted molar refractivity (Wildman–Crippen MR) is 83.1 cm³/mol. The number of carbonyl (C=O) groups is 1. The zero-order valence-corrected chi connectivity index (χ0v) is 12.8. The smallest absolute Gasteiger partial charge is 0.321 e. The standard InChI is InChI=1S/C18H25NO2/c1-2-13-6-5-9-16(10-13)19-12-15-8-4-3-7-14(15)11-17(19)18(20)21/h3-4,7-8,13,16-17H,2,5-6,9-12H2,1H3,(H,20,21). The summed E-state index contributed by atoms with van der Waals surface area (Å²) >= 11 is 0. The Hall–Kier alpha value is -1.35. The molecule has 0 radical (unpaired) electrons. The van der Waals surface area contributed by atoms with Gasteiger partial charge in [-0.25, -0.2) is 0 Å². The maximum Gasteiger partial charge on any atom is 0.321 e. The molecule has 1 heterocycles. The van der Waals surface area contributed by atoms with Crippen molar-refractivity contribution in [3.8, 4) is 0 Å². The van der Waals surface area contributed by atoms with Crippen LogP contribution in [0.1, 0.15) is 50.2 Å². The van der Waals surface area contributed by atoms with Gasteiger partial charge in [-0.3, -0.25) is 9.69 Å². The van der Waals surface area contributed by atoms with Gasteiger partial charge in [-0.2, -0.15) is 0 Å². The van der Waals surface area contributed by atoms with Crippen LogP contribution in [0.15, 0.2) is 24.3 Å². The minimum Gasteiger partial charge on any atom is -0.480 e. The van der Waals surface area contributed by atoms with Crippen LogP contribution < -0.4 is 0 Å². The van der Waals surface area contributed by atoms with E-state index in [1.165, 1.54) is 36.8 Å². The summed E-state index contributed by atoms with van der Waals surface area (Å²) in [5.41, 5.74) is 2.53. The van der Waals surface area contributed by atoms with Gasteiger partial charge in [-0.15, -0.1) is 0 Å². The van der Waals surface area contributed by atoms with Crippen LogP contribution in [0.25, 0.3) is 0 Å². The number of hydrogen-bond donors (Lipinski definition) is 1. The molecule has 0 bridgehead atoms. The highest BCUT2D eigenvalue weighted by atomic mass is 16.4. The first-order valence-corrected chi connectivity index (χ1v) is 8.24. The van der Waals surface area contributed by atoms with Gasteiger partial charge < -0.3 is 5.11 Å². The third-order valence-electron chi connectivity index (χ3n) is 5.37. The van der Waals surface area contributed by atoms with Gasteiger partial charge in [0.05, 0.1) is 0 Å². The highest BCUT2D eigenvalue weighted by molar-refractivity contribution is 5.74. The molecule has 1 saturated carbocycles. The van der Waals surface area contributed by atoms with Gasteiger partial charge in [0.15, 0.2) is 0 Å². The average molecular weight is 287 g/mol. The van der Waals surface area contributed by atoms with Crippen LogP contribution in [0.5, 0.6) is 0 Å². The second-order valence-corrected chi connectivity index (χ2v) is 6.59. The van der Waals surface area contributed by atoms with Gasteiger partial charge in [0.1, 0.15) is 6.04 Å². The largest absolute Gasteiger partial charge is 0.480 e. The third kappa shape index (κ3) is 2.98. The van der Waals surface area contributed by atoms with Crippen molar-refractivity contribution >= 4 is 5.97 Å². The Balaban J connectivity index is 1.83. The van der Waals surface area contributed by atoms with E-state index in [2.05, 4.69) is 30.0 Å². The molecular weight excluding hydrogens is 262 g/mol. The molecular formula is C18H25NO2. The lowest BCUT2D eigenvalue weighted by Gasteiger charge is -2.43. The van der Waals surface area contributed by atoms with Crippen LogP contribution in [-0.2, 0) is 17.8 Å². The molecule has 1 N–H and O–H groups in total. The molecule has 0 amide bonds. The quantitative estimate of drug-likeness (QED) is 0.925. The molecule has 3 unspecified atom stereocenters. The van der Waals surface area contributed by atoms with Gasteiger partial charge >= 0.3 is 5.97 Å². The van der Waals surface area contributed by atoms with Gasteiger partial charge in [0, 0.05) is 12.6 Å². The van der Waals surface area contributed by atoms with Crippen LogP contribution in [-0.4, -0.2) is 28.1 Å². The number of benzene rings is 1. The fourth-order valence-electron chi connectivity index (χ4n) is 4.09. The Labute approximate surface area is 127 Å². The molecule has 3 heteroatoms. The van der Waals surface area contributed by atoms with E-state index in [9.17, 15) is 9.90 Å². The van der Waals surface area contributed by atoms with E-state index in [1.54, 1.807) is 0 Å². The van der Waals surface area contributed by atoms with Crippen LogP contribution in [0.2, 0.25) is 0 Å².